The van der Waals surface area contributed by atoms with E-state index >= 15 is 0 Å². The van der Waals surface area contributed by atoms with Crippen molar-refractivity contribution in [1.29, 1.82) is 0 Å². The number of nitrogens with two attached hydrogens (primary N) is 2. The number of rotatable bonds is 12. The summed E-state index contributed by atoms with van der Waals surface area (Å²) >= 11 is 0. The molecule has 20 nitrogen and oxygen atoms in total. The fourth-order valence-corrected chi connectivity index (χ4v) is 7.66. The van der Waals surface area contributed by atoms with Crippen LogP contribution in [0.4, 0.5) is 9.59 Å². The number of carboxylic acid groups (broad SMARTS) is 1. The number of ether oxygens (including phenoxy) is 3. The number of amides is 6. The molecule has 4 atom stereocenters. The Balaban J connectivity index is 0.000000262. The number of hydrogen-bond acceptors (Lipinski definition) is 13. The zero-order chi connectivity index (χ0) is 52.0. The van der Waals surface area contributed by atoms with Crippen molar-refractivity contribution in [3.8, 4) is 0 Å². The number of carbonyl (C=O) groups excluding carboxylic acids is 5. The first-order valence-corrected chi connectivity index (χ1v) is 23.7. The average Bonchev–Trinajstić information content (AvgIpc) is 3.47. The van der Waals surface area contributed by atoms with Gasteiger partial charge in [0.15, 0.2) is 12.2 Å². The van der Waals surface area contributed by atoms with Crippen LogP contribution >= 0.6 is 0 Å². The summed E-state index contributed by atoms with van der Waals surface area (Å²) in [5.74, 6) is -2.43. The molecule has 4 heterocycles. The summed E-state index contributed by atoms with van der Waals surface area (Å²) in [6.45, 7) is 22.4. The molecule has 0 aromatic heterocycles. The second kappa shape index (κ2) is 22.4. The van der Waals surface area contributed by atoms with E-state index in [1.165, 1.54) is 4.90 Å². The molecule has 0 aliphatic carbocycles. The van der Waals surface area contributed by atoms with Crippen molar-refractivity contribution in [3.63, 3.8) is 0 Å². The summed E-state index contributed by atoms with van der Waals surface area (Å²) in [7, 11) is -0.994. The summed E-state index contributed by atoms with van der Waals surface area (Å²) < 4.78 is 40.9. The summed E-state index contributed by atoms with van der Waals surface area (Å²) in [5, 5.41) is 14.5. The largest absolute Gasteiger partial charge is 0.494 e. The Morgan fingerprint density at radius 3 is 1.31 bits per heavy atom. The number of nitrogens with zero attached hydrogens (tertiary/aromatic N) is 2. The van der Waals surface area contributed by atoms with Gasteiger partial charge in [0.05, 0.1) is 35.5 Å². The molecule has 70 heavy (non-hydrogen) atoms. The highest BCUT2D eigenvalue weighted by atomic mass is 16.7. The van der Waals surface area contributed by atoms with Crippen LogP contribution in [-0.2, 0) is 64.8 Å². The standard InChI is InChI=1S/C26H40BN3O7.C22H32BN3O7/c1-24(2,3)35-23(33)30-13-8-14-34-20(16-30)22(32)29-19(21(28)31)15-17-9-11-18(12-10-17)27-36-25(4,5)26(6,7)37-27;1-21(2)22(3,4)33-23(32-21)15-8-6-14(7-9-15)12-16(18(24)27)25-19(28)17-13-26(20(29)30)10-5-11-31-17/h9-12,19-20H,8,13-16H2,1-7H3,(H2,28,31)(H,29,32);6-9,16-17H,5,10-13H2,1-4H3,(H2,24,27)(H,25,28)(H,29,30)/t19-,20-;16-,17-/m00/s1. The van der Waals surface area contributed by atoms with Crippen LogP contribution in [0, 0.1) is 0 Å². The van der Waals surface area contributed by atoms with Crippen molar-refractivity contribution in [2.45, 2.75) is 154 Å². The minimum Gasteiger partial charge on any atom is -0.465 e. The molecular formula is C48H72B2N6O14. The summed E-state index contributed by atoms with van der Waals surface area (Å²) in [5.41, 5.74) is 12.0. The van der Waals surface area contributed by atoms with Crippen LogP contribution < -0.4 is 33.0 Å². The minimum atomic E-state index is -1.12. The molecular weight excluding hydrogens is 906 g/mol. The van der Waals surface area contributed by atoms with Gasteiger partial charge in [-0.3, -0.25) is 19.2 Å². The molecule has 4 fully saturated rings. The lowest BCUT2D eigenvalue weighted by atomic mass is 9.78. The topological polar surface area (TPSA) is 270 Å². The molecule has 384 valence electrons. The highest BCUT2D eigenvalue weighted by molar-refractivity contribution is 6.62. The lowest BCUT2D eigenvalue weighted by Gasteiger charge is -2.32. The molecule has 22 heteroatoms. The van der Waals surface area contributed by atoms with Gasteiger partial charge >= 0.3 is 26.4 Å². The Morgan fingerprint density at radius 2 is 0.986 bits per heavy atom. The lowest BCUT2D eigenvalue weighted by Crippen LogP contribution is -2.52. The molecule has 0 unspecified atom stereocenters. The molecule has 2 aromatic carbocycles. The summed E-state index contributed by atoms with van der Waals surface area (Å²) in [6, 6.07) is 12.9. The number of primary amides is 2. The SMILES string of the molecule is CC(C)(C)OC(=O)N1CCCO[C@H](C(=O)N[C@@H](Cc2ccc(B3OC(C)(C)C(C)(C)O3)cc2)C(N)=O)C1.CC1(C)OB(c2ccc(C[C@H](NC(=O)[C@@H]3CN(C(=O)O)CCCO3)C(N)=O)cc2)OC1(C)C. The van der Waals surface area contributed by atoms with Gasteiger partial charge in [-0.25, -0.2) is 9.59 Å². The quantitative estimate of drug-likeness (QED) is 0.190. The van der Waals surface area contributed by atoms with E-state index in [-0.39, 0.29) is 39.1 Å². The Kier molecular flexibility index (Phi) is 17.9. The molecule has 0 radical (unpaired) electrons. The molecule has 4 aliphatic rings. The van der Waals surface area contributed by atoms with Crippen molar-refractivity contribution in [3.05, 3.63) is 59.7 Å². The third kappa shape index (κ3) is 14.7. The summed E-state index contributed by atoms with van der Waals surface area (Å²) in [6.07, 6.45) is -2.13. The van der Waals surface area contributed by atoms with Gasteiger partial charge in [-0.05, 0) is 111 Å². The predicted molar refractivity (Wildman–Crippen MR) is 260 cm³/mol. The molecule has 2 aromatic rings. The van der Waals surface area contributed by atoms with E-state index in [0.717, 1.165) is 27.0 Å². The zero-order valence-corrected chi connectivity index (χ0v) is 42.5. The average molecular weight is 979 g/mol. The summed E-state index contributed by atoms with van der Waals surface area (Å²) in [4.78, 5) is 76.3. The fourth-order valence-electron chi connectivity index (χ4n) is 7.66. The van der Waals surface area contributed by atoms with E-state index in [1.807, 2.05) is 104 Å². The van der Waals surface area contributed by atoms with Crippen LogP contribution in [0.5, 0.6) is 0 Å². The van der Waals surface area contributed by atoms with Crippen molar-refractivity contribution in [2.24, 2.45) is 11.5 Å². The second-order valence-electron chi connectivity index (χ2n) is 21.1. The van der Waals surface area contributed by atoms with Crippen LogP contribution in [0.15, 0.2) is 48.5 Å². The van der Waals surface area contributed by atoms with Crippen LogP contribution in [0.25, 0.3) is 0 Å². The highest BCUT2D eigenvalue weighted by Crippen LogP contribution is 2.37. The minimum absolute atomic E-state index is 0.0228. The van der Waals surface area contributed by atoms with E-state index in [2.05, 4.69) is 10.6 Å². The first-order chi connectivity index (χ1) is 32.5. The third-order valence-corrected chi connectivity index (χ3v) is 13.3. The molecule has 0 saturated carbocycles. The van der Waals surface area contributed by atoms with Gasteiger partial charge in [0, 0.05) is 39.1 Å². The van der Waals surface area contributed by atoms with Gasteiger partial charge in [0.25, 0.3) is 11.8 Å². The smallest absolute Gasteiger partial charge is 0.465 e. The highest BCUT2D eigenvalue weighted by Gasteiger charge is 2.53. The van der Waals surface area contributed by atoms with Gasteiger partial charge in [-0.1, -0.05) is 48.5 Å². The van der Waals surface area contributed by atoms with Gasteiger partial charge in [0.2, 0.25) is 11.8 Å². The van der Waals surface area contributed by atoms with Gasteiger partial charge in [-0.15, -0.1) is 0 Å². The second-order valence-corrected chi connectivity index (χ2v) is 21.1. The van der Waals surface area contributed by atoms with Crippen LogP contribution in [-0.4, -0.2) is 157 Å². The number of carbonyl (C=O) groups is 6. The monoisotopic (exact) mass is 979 g/mol. The molecule has 0 bridgehead atoms. The fraction of sp³-hybridized carbons (Fsp3) is 0.625. The Labute approximate surface area is 411 Å². The van der Waals surface area contributed by atoms with Crippen molar-refractivity contribution < 1.29 is 66.7 Å². The maximum atomic E-state index is 13.0. The number of benzene rings is 2. The molecule has 4 aliphatic heterocycles. The third-order valence-electron chi connectivity index (χ3n) is 13.3. The van der Waals surface area contributed by atoms with Gasteiger partial charge < -0.3 is 69.8 Å². The molecule has 0 spiro atoms. The zero-order valence-electron chi connectivity index (χ0n) is 42.5. The van der Waals surface area contributed by atoms with E-state index in [0.29, 0.717) is 26.0 Å². The van der Waals surface area contributed by atoms with Crippen molar-refractivity contribution in [1.82, 2.24) is 20.4 Å². The van der Waals surface area contributed by atoms with Crippen LogP contribution in [0.1, 0.15) is 100 Å². The van der Waals surface area contributed by atoms with Crippen molar-refractivity contribution >= 4 is 61.0 Å². The van der Waals surface area contributed by atoms with Crippen LogP contribution in [0.3, 0.4) is 0 Å². The lowest BCUT2D eigenvalue weighted by molar-refractivity contribution is -0.136. The molecule has 4 saturated heterocycles. The van der Waals surface area contributed by atoms with Crippen molar-refractivity contribution in [2.75, 3.05) is 39.4 Å². The Bertz CT molecular complexity index is 2150. The molecule has 6 rings (SSSR count). The molecule has 6 amide bonds. The molecule has 7 N–H and O–H groups in total. The normalized spacial score (nSPS) is 22.6. The van der Waals surface area contributed by atoms with Crippen LogP contribution in [0.2, 0.25) is 0 Å². The van der Waals surface area contributed by atoms with Gasteiger partial charge in [-0.2, -0.15) is 0 Å². The van der Waals surface area contributed by atoms with E-state index in [9.17, 15) is 33.9 Å². The Morgan fingerprint density at radius 1 is 0.643 bits per heavy atom. The maximum absolute atomic E-state index is 13.0. The first kappa shape index (κ1) is 55.7. The van der Waals surface area contributed by atoms with E-state index < -0.39 is 102 Å². The van der Waals surface area contributed by atoms with Gasteiger partial charge in [0.1, 0.15) is 17.7 Å². The van der Waals surface area contributed by atoms with E-state index in [1.54, 1.807) is 20.8 Å². The number of nitrogens with one attached hydrogen (secondary N) is 2. The maximum Gasteiger partial charge on any atom is 0.494 e. The number of hydrogen-bond donors (Lipinski definition) is 5. The first-order valence-electron chi connectivity index (χ1n) is 23.7. The Hall–Kier alpha value is -5.25. The van der Waals surface area contributed by atoms with E-state index in [4.69, 9.17) is 44.3 Å². The predicted octanol–water partition coefficient (Wildman–Crippen LogP) is 1.79.